The highest BCUT2D eigenvalue weighted by Gasteiger charge is 2.23. The molecule has 0 spiro atoms. The van der Waals surface area contributed by atoms with Crippen molar-refractivity contribution in [1.82, 2.24) is 4.90 Å². The Balaban J connectivity index is 1.72. The summed E-state index contributed by atoms with van der Waals surface area (Å²) in [5.74, 6) is 1.00. The zero-order valence-electron chi connectivity index (χ0n) is 15.1. The van der Waals surface area contributed by atoms with E-state index in [0.717, 1.165) is 36.3 Å². The molecule has 1 heterocycles. The van der Waals surface area contributed by atoms with Crippen LogP contribution in [0.2, 0.25) is 0 Å². The zero-order chi connectivity index (χ0) is 18.4. The van der Waals surface area contributed by atoms with Crippen LogP contribution in [-0.4, -0.2) is 42.3 Å². The number of para-hydroxylation sites is 1. The van der Waals surface area contributed by atoms with Gasteiger partial charge in [0.15, 0.2) is 0 Å². The Bertz CT molecular complexity index is 723. The summed E-state index contributed by atoms with van der Waals surface area (Å²) in [6, 6.07) is 14.7. The van der Waals surface area contributed by atoms with Crippen LogP contribution in [0.4, 0.5) is 0 Å². The van der Waals surface area contributed by atoms with Gasteiger partial charge in [0.05, 0.1) is 19.6 Å². The second-order valence-corrected chi connectivity index (χ2v) is 6.56. The van der Waals surface area contributed by atoms with Gasteiger partial charge >= 0.3 is 0 Å². The number of amides is 1. The van der Waals surface area contributed by atoms with Crippen molar-refractivity contribution in [3.8, 4) is 11.5 Å². The zero-order valence-corrected chi connectivity index (χ0v) is 15.1. The van der Waals surface area contributed by atoms with Gasteiger partial charge in [0.25, 0.3) is 0 Å². The first-order chi connectivity index (χ1) is 12.7. The average Bonchev–Trinajstić information content (AvgIpc) is 3.16. The van der Waals surface area contributed by atoms with Crippen LogP contribution in [0, 0.1) is 0 Å². The Morgan fingerprint density at radius 2 is 2.00 bits per heavy atom. The van der Waals surface area contributed by atoms with Gasteiger partial charge in [0, 0.05) is 25.3 Å². The Kier molecular flexibility index (Phi) is 6.12. The van der Waals surface area contributed by atoms with Crippen molar-refractivity contribution in [3.63, 3.8) is 0 Å². The van der Waals surface area contributed by atoms with Gasteiger partial charge in [0.1, 0.15) is 11.5 Å². The summed E-state index contributed by atoms with van der Waals surface area (Å²) < 4.78 is 10.9. The summed E-state index contributed by atoms with van der Waals surface area (Å²) in [5.41, 5.74) is 1.68. The quantitative estimate of drug-likeness (QED) is 0.829. The number of hydrogen-bond acceptors (Lipinski definition) is 4. The second-order valence-electron chi connectivity index (χ2n) is 6.56. The summed E-state index contributed by atoms with van der Waals surface area (Å²) in [6.45, 7) is 1.67. The number of ether oxygens (including phenoxy) is 2. The number of rotatable bonds is 7. The molecule has 2 aromatic rings. The molecule has 0 radical (unpaired) electrons. The molecule has 3 rings (SSSR count). The Morgan fingerprint density at radius 3 is 2.65 bits per heavy atom. The maximum absolute atomic E-state index is 12.9. The maximum atomic E-state index is 12.9. The van der Waals surface area contributed by atoms with E-state index in [1.54, 1.807) is 24.1 Å². The van der Waals surface area contributed by atoms with E-state index in [-0.39, 0.29) is 17.8 Å². The lowest BCUT2D eigenvalue weighted by molar-refractivity contribution is -0.132. The number of methoxy groups -OCH3 is 1. The first kappa shape index (κ1) is 18.3. The van der Waals surface area contributed by atoms with Crippen LogP contribution in [0.3, 0.4) is 0 Å². The molecule has 1 aliphatic rings. The van der Waals surface area contributed by atoms with Crippen LogP contribution in [0.5, 0.6) is 11.5 Å². The standard InChI is InChI=1S/C21H25NO4/c1-25-18-10-8-16(9-11-18)13-21(24)22(15-19-6-4-12-26-19)14-17-5-2-3-7-20(17)23/h2-3,5,7-11,19,23H,4,6,12-15H2,1H3. The lowest BCUT2D eigenvalue weighted by atomic mass is 10.1. The average molecular weight is 355 g/mol. The predicted octanol–water partition coefficient (Wildman–Crippen LogP) is 3.15. The molecule has 0 saturated carbocycles. The Morgan fingerprint density at radius 1 is 1.23 bits per heavy atom. The second kappa shape index (κ2) is 8.72. The van der Waals surface area contributed by atoms with E-state index in [4.69, 9.17) is 9.47 Å². The number of aromatic hydroxyl groups is 1. The molecule has 2 aromatic carbocycles. The van der Waals surface area contributed by atoms with Crippen molar-refractivity contribution in [2.45, 2.75) is 31.9 Å². The molecule has 5 heteroatoms. The molecule has 1 atom stereocenters. The van der Waals surface area contributed by atoms with Crippen LogP contribution in [-0.2, 0) is 22.5 Å². The highest BCUT2D eigenvalue weighted by molar-refractivity contribution is 5.79. The lowest BCUT2D eigenvalue weighted by Crippen LogP contribution is -2.37. The van der Waals surface area contributed by atoms with Crippen LogP contribution in [0.25, 0.3) is 0 Å². The summed E-state index contributed by atoms with van der Waals surface area (Å²) >= 11 is 0. The molecule has 5 nitrogen and oxygen atoms in total. The van der Waals surface area contributed by atoms with Crippen LogP contribution >= 0.6 is 0 Å². The number of phenols is 1. The first-order valence-corrected chi connectivity index (χ1v) is 8.95. The minimum Gasteiger partial charge on any atom is -0.508 e. The SMILES string of the molecule is COc1ccc(CC(=O)N(Cc2ccccc2O)CC2CCCO2)cc1. The van der Waals surface area contributed by atoms with Gasteiger partial charge in [-0.25, -0.2) is 0 Å². The van der Waals surface area contributed by atoms with Crippen molar-refractivity contribution in [3.05, 3.63) is 59.7 Å². The van der Waals surface area contributed by atoms with Crippen molar-refractivity contribution in [2.24, 2.45) is 0 Å². The summed E-state index contributed by atoms with van der Waals surface area (Å²) in [5, 5.41) is 10.1. The number of nitrogens with zero attached hydrogens (tertiary/aromatic N) is 1. The van der Waals surface area contributed by atoms with E-state index in [1.807, 2.05) is 36.4 Å². The van der Waals surface area contributed by atoms with E-state index >= 15 is 0 Å². The number of phenolic OH excluding ortho intramolecular Hbond substituents is 1. The summed E-state index contributed by atoms with van der Waals surface area (Å²) in [7, 11) is 1.62. The maximum Gasteiger partial charge on any atom is 0.227 e. The number of hydrogen-bond donors (Lipinski definition) is 1. The predicted molar refractivity (Wildman–Crippen MR) is 99.2 cm³/mol. The van der Waals surface area contributed by atoms with E-state index in [0.29, 0.717) is 19.5 Å². The van der Waals surface area contributed by atoms with E-state index in [9.17, 15) is 9.90 Å². The molecule has 0 aliphatic carbocycles. The molecule has 138 valence electrons. The molecule has 1 unspecified atom stereocenters. The van der Waals surface area contributed by atoms with Crippen LogP contribution in [0.15, 0.2) is 48.5 Å². The highest BCUT2D eigenvalue weighted by Crippen LogP contribution is 2.21. The molecule has 0 aromatic heterocycles. The van der Waals surface area contributed by atoms with Gasteiger partial charge in [0.2, 0.25) is 5.91 Å². The minimum absolute atomic E-state index is 0.0221. The molecule has 1 amide bonds. The first-order valence-electron chi connectivity index (χ1n) is 8.95. The smallest absolute Gasteiger partial charge is 0.227 e. The van der Waals surface area contributed by atoms with Gasteiger partial charge in [-0.05, 0) is 36.6 Å². The van der Waals surface area contributed by atoms with Crippen molar-refractivity contribution in [1.29, 1.82) is 0 Å². The fourth-order valence-electron chi connectivity index (χ4n) is 3.17. The van der Waals surface area contributed by atoms with E-state index in [1.165, 1.54) is 0 Å². The van der Waals surface area contributed by atoms with Gasteiger partial charge in [-0.2, -0.15) is 0 Å². The third kappa shape index (κ3) is 4.76. The Hall–Kier alpha value is -2.53. The Labute approximate surface area is 154 Å². The molecule has 1 aliphatic heterocycles. The molecule has 1 saturated heterocycles. The molecule has 0 bridgehead atoms. The number of benzene rings is 2. The molecule has 26 heavy (non-hydrogen) atoms. The van der Waals surface area contributed by atoms with Crippen molar-refractivity contribution < 1.29 is 19.4 Å². The minimum atomic E-state index is 0.0221. The third-order valence-electron chi connectivity index (χ3n) is 4.67. The fraction of sp³-hybridized carbons (Fsp3) is 0.381. The summed E-state index contributed by atoms with van der Waals surface area (Å²) in [4.78, 5) is 14.7. The monoisotopic (exact) mass is 355 g/mol. The van der Waals surface area contributed by atoms with Crippen LogP contribution < -0.4 is 4.74 Å². The summed E-state index contributed by atoms with van der Waals surface area (Å²) in [6.07, 6.45) is 2.37. The molecule has 1 N–H and O–H groups in total. The van der Waals surface area contributed by atoms with Crippen LogP contribution in [0.1, 0.15) is 24.0 Å². The van der Waals surface area contributed by atoms with Crippen molar-refractivity contribution >= 4 is 5.91 Å². The number of carbonyl (C=O) groups excluding carboxylic acids is 1. The molecular weight excluding hydrogens is 330 g/mol. The molecular formula is C21H25NO4. The van der Waals surface area contributed by atoms with Crippen molar-refractivity contribution in [2.75, 3.05) is 20.3 Å². The number of carbonyl (C=O) groups is 1. The third-order valence-corrected chi connectivity index (χ3v) is 4.67. The van der Waals surface area contributed by atoms with Gasteiger partial charge in [-0.3, -0.25) is 4.79 Å². The fourth-order valence-corrected chi connectivity index (χ4v) is 3.17. The van der Waals surface area contributed by atoms with E-state index in [2.05, 4.69) is 0 Å². The largest absolute Gasteiger partial charge is 0.508 e. The van der Waals surface area contributed by atoms with E-state index < -0.39 is 0 Å². The van der Waals surface area contributed by atoms with Gasteiger partial charge < -0.3 is 19.5 Å². The van der Waals surface area contributed by atoms with Gasteiger partial charge in [-0.1, -0.05) is 30.3 Å². The van der Waals surface area contributed by atoms with Gasteiger partial charge in [-0.15, -0.1) is 0 Å². The lowest BCUT2D eigenvalue weighted by Gasteiger charge is -2.26. The normalized spacial score (nSPS) is 16.4. The highest BCUT2D eigenvalue weighted by atomic mass is 16.5. The topological polar surface area (TPSA) is 59.0 Å². The molecule has 1 fully saturated rings.